The fourth-order valence-corrected chi connectivity index (χ4v) is 9.87. The van der Waals surface area contributed by atoms with Crippen LogP contribution in [0.25, 0.3) is 106 Å². The maximum Gasteiger partial charge on any atom is 0.164 e. The molecule has 4 heteroatoms. The number of aromatic nitrogens is 4. The summed E-state index contributed by atoms with van der Waals surface area (Å²) in [6.45, 7) is 4.70. The first-order valence-electron chi connectivity index (χ1n) is 21.9. The van der Waals surface area contributed by atoms with Gasteiger partial charge in [-0.15, -0.1) is 0 Å². The predicted octanol–water partition coefficient (Wildman–Crippen LogP) is 15.3. The Morgan fingerprint density at radius 3 is 1.58 bits per heavy atom. The smallest absolute Gasteiger partial charge is 0.164 e. The van der Waals surface area contributed by atoms with E-state index >= 15 is 0 Å². The summed E-state index contributed by atoms with van der Waals surface area (Å²) in [6.07, 6.45) is 0. The second kappa shape index (κ2) is 15.0. The molecule has 302 valence electrons. The Morgan fingerprint density at radius 1 is 0.328 bits per heavy atom. The molecule has 0 radical (unpaired) electrons. The van der Waals surface area contributed by atoms with Gasteiger partial charge in [0.1, 0.15) is 0 Å². The van der Waals surface area contributed by atoms with Gasteiger partial charge in [0.25, 0.3) is 0 Å². The summed E-state index contributed by atoms with van der Waals surface area (Å²) in [6, 6.07) is 78.1. The van der Waals surface area contributed by atoms with Crippen molar-refractivity contribution in [1.29, 1.82) is 0 Å². The van der Waals surface area contributed by atoms with Crippen molar-refractivity contribution in [3.8, 4) is 84.4 Å². The first kappa shape index (κ1) is 37.5. The first-order chi connectivity index (χ1) is 31.5. The van der Waals surface area contributed by atoms with Crippen LogP contribution in [0.1, 0.15) is 25.0 Å². The monoisotopic (exact) mass is 818 g/mol. The lowest BCUT2D eigenvalue weighted by molar-refractivity contribution is 0.660. The molecule has 0 aliphatic heterocycles. The number of rotatable bonds is 7. The van der Waals surface area contributed by atoms with Gasteiger partial charge in [-0.3, -0.25) is 0 Å². The molecule has 0 atom stereocenters. The fraction of sp³-hybridized carbons (Fsp3) is 0.0500. The number of benzene rings is 9. The molecule has 0 N–H and O–H groups in total. The average molecular weight is 819 g/mol. The van der Waals surface area contributed by atoms with Gasteiger partial charge in [-0.25, -0.2) is 15.0 Å². The normalized spacial score (nSPS) is 12.7. The molecule has 2 heterocycles. The molecule has 2 aromatic heterocycles. The Morgan fingerprint density at radius 2 is 0.844 bits per heavy atom. The minimum atomic E-state index is -0.0750. The zero-order valence-electron chi connectivity index (χ0n) is 35.6. The molecule has 12 rings (SSSR count). The minimum Gasteiger partial charge on any atom is -0.309 e. The highest BCUT2D eigenvalue weighted by molar-refractivity contribution is 6.16. The van der Waals surface area contributed by atoms with E-state index in [-0.39, 0.29) is 5.41 Å². The number of fused-ring (bicyclic) bond motifs is 6. The Balaban J connectivity index is 1.03. The molecule has 4 nitrogen and oxygen atoms in total. The van der Waals surface area contributed by atoms with Crippen molar-refractivity contribution in [1.82, 2.24) is 19.5 Å². The maximum absolute atomic E-state index is 5.08. The maximum atomic E-state index is 5.08. The zero-order chi connectivity index (χ0) is 42.8. The van der Waals surface area contributed by atoms with Crippen LogP contribution >= 0.6 is 0 Å². The fourth-order valence-electron chi connectivity index (χ4n) is 9.87. The van der Waals surface area contributed by atoms with Crippen molar-refractivity contribution in [2.24, 2.45) is 0 Å². The Bertz CT molecular complexity index is 3510. The zero-order valence-corrected chi connectivity index (χ0v) is 35.6. The summed E-state index contributed by atoms with van der Waals surface area (Å²) < 4.78 is 2.44. The van der Waals surface area contributed by atoms with Gasteiger partial charge in [-0.2, -0.15) is 0 Å². The van der Waals surface area contributed by atoms with E-state index in [1.807, 2.05) is 60.7 Å². The largest absolute Gasteiger partial charge is 0.309 e. The molecule has 0 saturated heterocycles. The molecule has 1 aliphatic carbocycles. The molecule has 0 spiro atoms. The van der Waals surface area contributed by atoms with Crippen LogP contribution in [-0.4, -0.2) is 19.5 Å². The lowest BCUT2D eigenvalue weighted by atomic mass is 9.81. The Labute approximate surface area is 372 Å². The molecule has 0 bridgehead atoms. The Hall–Kier alpha value is -8.21. The third kappa shape index (κ3) is 6.26. The van der Waals surface area contributed by atoms with Crippen LogP contribution < -0.4 is 0 Å². The van der Waals surface area contributed by atoms with E-state index in [1.165, 1.54) is 55.3 Å². The second-order valence-corrected chi connectivity index (χ2v) is 17.2. The van der Waals surface area contributed by atoms with Gasteiger partial charge in [0, 0.05) is 38.6 Å². The van der Waals surface area contributed by atoms with Gasteiger partial charge in [-0.05, 0) is 98.1 Å². The van der Waals surface area contributed by atoms with Crippen LogP contribution in [-0.2, 0) is 5.41 Å². The van der Waals surface area contributed by atoms with Crippen molar-refractivity contribution in [2.45, 2.75) is 19.3 Å². The van der Waals surface area contributed by atoms with Crippen molar-refractivity contribution in [3.63, 3.8) is 0 Å². The summed E-state index contributed by atoms with van der Waals surface area (Å²) in [5.41, 5.74) is 18.6. The SMILES string of the molecule is CC1(C)c2ccccc2-c2ccc(-c3cccc(-n4c5ccc(-c6ccccc6)cc5c5c(-c6cccc(-c7nc(-c8ccccc8)nc(-c8ccccc8)n7)c6)cccc54)c3)cc21. The predicted molar refractivity (Wildman–Crippen MR) is 264 cm³/mol. The first-order valence-corrected chi connectivity index (χ1v) is 21.9. The highest BCUT2D eigenvalue weighted by atomic mass is 15.0. The average Bonchev–Trinajstić information content (AvgIpc) is 3.82. The van der Waals surface area contributed by atoms with Crippen LogP contribution in [0.2, 0.25) is 0 Å². The molecule has 0 saturated carbocycles. The molecule has 11 aromatic rings. The second-order valence-electron chi connectivity index (χ2n) is 17.2. The number of nitrogens with zero attached hydrogens (tertiary/aromatic N) is 4. The van der Waals surface area contributed by atoms with Gasteiger partial charge >= 0.3 is 0 Å². The highest BCUT2D eigenvalue weighted by Crippen LogP contribution is 2.50. The third-order valence-electron chi connectivity index (χ3n) is 13.0. The van der Waals surface area contributed by atoms with Crippen molar-refractivity contribution in [2.75, 3.05) is 0 Å². The summed E-state index contributed by atoms with van der Waals surface area (Å²) in [4.78, 5) is 15.1. The topological polar surface area (TPSA) is 43.6 Å². The van der Waals surface area contributed by atoms with Gasteiger partial charge in [0.15, 0.2) is 17.5 Å². The molecule has 9 aromatic carbocycles. The van der Waals surface area contributed by atoms with Gasteiger partial charge in [-0.1, -0.05) is 190 Å². The van der Waals surface area contributed by atoms with Crippen molar-refractivity contribution >= 4 is 21.8 Å². The third-order valence-corrected chi connectivity index (χ3v) is 13.0. The van der Waals surface area contributed by atoms with E-state index < -0.39 is 0 Å². The quantitative estimate of drug-likeness (QED) is 0.161. The molecule has 64 heavy (non-hydrogen) atoms. The van der Waals surface area contributed by atoms with Crippen molar-refractivity contribution < 1.29 is 0 Å². The van der Waals surface area contributed by atoms with E-state index in [1.54, 1.807) is 0 Å². The van der Waals surface area contributed by atoms with E-state index in [9.17, 15) is 0 Å². The number of hydrogen-bond donors (Lipinski definition) is 0. The molecule has 0 fully saturated rings. The van der Waals surface area contributed by atoms with Crippen LogP contribution in [0.15, 0.2) is 218 Å². The van der Waals surface area contributed by atoms with Gasteiger partial charge < -0.3 is 4.57 Å². The standard InChI is InChI=1S/C60H42N4/c1-60(2)52-29-13-12-27-49(52)50-33-31-44(38-53(50)60)42-23-15-26-47(36-42)64-54-34-32-43(39-17-6-3-7-18-39)37-51(54)56-48(28-16-30-55(56)64)45-24-14-25-46(35-45)59-62-57(40-19-8-4-9-20-40)61-58(63-59)41-21-10-5-11-22-41/h3-38H,1-2H3. The Kier molecular flexibility index (Phi) is 8.80. The lowest BCUT2D eigenvalue weighted by Gasteiger charge is -2.22. The van der Waals surface area contributed by atoms with Crippen LogP contribution in [0, 0.1) is 0 Å². The van der Waals surface area contributed by atoms with Crippen LogP contribution in [0.4, 0.5) is 0 Å². The summed E-state index contributed by atoms with van der Waals surface area (Å²) in [5.74, 6) is 1.92. The molecular weight excluding hydrogens is 777 g/mol. The number of hydrogen-bond acceptors (Lipinski definition) is 3. The van der Waals surface area contributed by atoms with Gasteiger partial charge in [0.05, 0.1) is 11.0 Å². The van der Waals surface area contributed by atoms with Crippen LogP contribution in [0.5, 0.6) is 0 Å². The highest BCUT2D eigenvalue weighted by Gasteiger charge is 2.35. The van der Waals surface area contributed by atoms with Crippen LogP contribution in [0.3, 0.4) is 0 Å². The van der Waals surface area contributed by atoms with E-state index in [0.717, 1.165) is 44.5 Å². The van der Waals surface area contributed by atoms with E-state index in [2.05, 4.69) is 176 Å². The molecule has 0 unspecified atom stereocenters. The van der Waals surface area contributed by atoms with E-state index in [4.69, 9.17) is 15.0 Å². The molecule has 0 amide bonds. The minimum absolute atomic E-state index is 0.0750. The molecular formula is C60H42N4. The van der Waals surface area contributed by atoms with Gasteiger partial charge in [0.2, 0.25) is 0 Å². The summed E-state index contributed by atoms with van der Waals surface area (Å²) in [7, 11) is 0. The van der Waals surface area contributed by atoms with Crippen molar-refractivity contribution in [3.05, 3.63) is 230 Å². The molecule has 1 aliphatic rings. The summed E-state index contributed by atoms with van der Waals surface area (Å²) >= 11 is 0. The summed E-state index contributed by atoms with van der Waals surface area (Å²) in [5, 5.41) is 2.39. The lowest BCUT2D eigenvalue weighted by Crippen LogP contribution is -2.14. The van der Waals surface area contributed by atoms with E-state index in [0.29, 0.717) is 17.5 Å².